The molecule has 0 saturated heterocycles. The van der Waals surface area contributed by atoms with Gasteiger partial charge in [-0.25, -0.2) is 0 Å². The smallest absolute Gasteiger partial charge is 0.247 e. The Labute approximate surface area is 141 Å². The van der Waals surface area contributed by atoms with Crippen LogP contribution < -0.4 is 5.06 Å². The van der Waals surface area contributed by atoms with Crippen molar-refractivity contribution in [1.29, 1.82) is 0 Å². The molecule has 122 valence electrons. The third-order valence-corrected chi connectivity index (χ3v) is 5.11. The molecule has 1 aromatic carbocycles. The first-order chi connectivity index (χ1) is 10.4. The molecule has 0 aromatic heterocycles. The zero-order chi connectivity index (χ0) is 16.3. The van der Waals surface area contributed by atoms with E-state index in [1.54, 1.807) is 0 Å². The molecule has 0 radical (unpaired) electrons. The minimum atomic E-state index is -0.157. The summed E-state index contributed by atoms with van der Waals surface area (Å²) in [5.41, 5.74) is 0.722. The monoisotopic (exact) mass is 344 g/mol. The van der Waals surface area contributed by atoms with E-state index in [0.29, 0.717) is 6.61 Å². The van der Waals surface area contributed by atoms with Gasteiger partial charge < -0.3 is 4.90 Å². The van der Waals surface area contributed by atoms with Gasteiger partial charge in [-0.1, -0.05) is 18.2 Å². The Morgan fingerprint density at radius 3 is 2.45 bits per heavy atom. The van der Waals surface area contributed by atoms with E-state index in [-0.39, 0.29) is 28.6 Å². The molecule has 0 aliphatic heterocycles. The minimum absolute atomic E-state index is 0.0785. The highest BCUT2D eigenvalue weighted by Crippen LogP contribution is 2.37. The molecule has 2 rings (SSSR count). The Morgan fingerprint density at radius 1 is 1.27 bits per heavy atom. The lowest BCUT2D eigenvalue weighted by Crippen LogP contribution is -2.41. The summed E-state index contributed by atoms with van der Waals surface area (Å²) in [6.45, 7) is 1.89. The highest BCUT2D eigenvalue weighted by molar-refractivity contribution is 6.30. The molecule has 22 heavy (non-hydrogen) atoms. The Bertz CT molecular complexity index is 498. The largest absolute Gasteiger partial charge is 0.305 e. The molecule has 1 aliphatic rings. The summed E-state index contributed by atoms with van der Waals surface area (Å²) in [6, 6.07) is 9.46. The van der Waals surface area contributed by atoms with Gasteiger partial charge in [0.25, 0.3) is 0 Å². The number of nitrogens with zero attached hydrogens (tertiary/aromatic N) is 2. The van der Waals surface area contributed by atoms with Crippen LogP contribution in [-0.4, -0.2) is 48.3 Å². The topological polar surface area (TPSA) is 32.8 Å². The van der Waals surface area contributed by atoms with E-state index < -0.39 is 0 Å². The first kappa shape index (κ1) is 17.5. The van der Waals surface area contributed by atoms with Crippen LogP contribution in [0.15, 0.2) is 30.3 Å². The van der Waals surface area contributed by atoms with Crippen molar-refractivity contribution >= 4 is 34.8 Å². The molecule has 1 aromatic rings. The number of amides is 1. The van der Waals surface area contributed by atoms with E-state index in [0.717, 1.165) is 12.1 Å². The summed E-state index contributed by atoms with van der Waals surface area (Å²) in [5, 5.41) is 1.13. The number of para-hydroxylation sites is 1. The van der Waals surface area contributed by atoms with Gasteiger partial charge in [-0.2, -0.15) is 5.06 Å². The van der Waals surface area contributed by atoms with E-state index in [1.165, 1.54) is 12.0 Å². The van der Waals surface area contributed by atoms with E-state index >= 15 is 0 Å². The normalized spacial score (nSPS) is 28.1. The van der Waals surface area contributed by atoms with E-state index in [9.17, 15) is 4.79 Å². The predicted molar refractivity (Wildman–Crippen MR) is 90.4 cm³/mol. The van der Waals surface area contributed by atoms with Crippen LogP contribution in [0.5, 0.6) is 0 Å². The molecule has 1 amide bonds. The van der Waals surface area contributed by atoms with E-state index in [1.807, 2.05) is 44.4 Å². The van der Waals surface area contributed by atoms with Gasteiger partial charge in [-0.3, -0.25) is 9.63 Å². The first-order valence-electron chi connectivity index (χ1n) is 7.35. The van der Waals surface area contributed by atoms with Crippen LogP contribution in [0.2, 0.25) is 0 Å². The van der Waals surface area contributed by atoms with Gasteiger partial charge in [0.1, 0.15) is 0 Å². The molecule has 0 bridgehead atoms. The molecule has 1 saturated carbocycles. The molecule has 4 nitrogen and oxygen atoms in total. The van der Waals surface area contributed by atoms with Crippen LogP contribution >= 0.6 is 23.2 Å². The van der Waals surface area contributed by atoms with Gasteiger partial charge >= 0.3 is 0 Å². The number of carbonyl (C=O) groups excluding carboxylic acids is 1. The maximum Gasteiger partial charge on any atom is 0.247 e. The van der Waals surface area contributed by atoms with Gasteiger partial charge in [0, 0.05) is 18.9 Å². The van der Waals surface area contributed by atoms with Crippen molar-refractivity contribution in [3.63, 3.8) is 0 Å². The molecule has 1 aliphatic carbocycles. The number of anilines is 1. The van der Waals surface area contributed by atoms with Crippen LogP contribution in [0.4, 0.5) is 5.69 Å². The molecule has 4 atom stereocenters. The molecule has 1 fully saturated rings. The van der Waals surface area contributed by atoms with Gasteiger partial charge in [-0.05, 0) is 32.6 Å². The van der Waals surface area contributed by atoms with Gasteiger partial charge in [-0.15, -0.1) is 23.2 Å². The number of hydroxylamine groups is 1. The van der Waals surface area contributed by atoms with Crippen molar-refractivity contribution in [2.45, 2.75) is 30.1 Å². The van der Waals surface area contributed by atoms with E-state index in [4.69, 9.17) is 28.0 Å². The summed E-state index contributed by atoms with van der Waals surface area (Å²) in [4.78, 5) is 19.7. The Morgan fingerprint density at radius 2 is 1.91 bits per heavy atom. The van der Waals surface area contributed by atoms with Crippen molar-refractivity contribution in [2.24, 2.45) is 5.92 Å². The lowest BCUT2D eigenvalue weighted by atomic mass is 10.0. The minimum Gasteiger partial charge on any atom is -0.305 e. The third-order valence-electron chi connectivity index (χ3n) is 3.97. The van der Waals surface area contributed by atoms with E-state index in [2.05, 4.69) is 4.90 Å². The number of hydrogen-bond acceptors (Lipinski definition) is 3. The van der Waals surface area contributed by atoms with Crippen LogP contribution in [0.25, 0.3) is 0 Å². The van der Waals surface area contributed by atoms with Crippen LogP contribution in [0.1, 0.15) is 13.3 Å². The van der Waals surface area contributed by atoms with Crippen molar-refractivity contribution in [1.82, 2.24) is 4.90 Å². The zero-order valence-electron chi connectivity index (χ0n) is 13.1. The molecular formula is C16H22Cl2N2O2. The molecule has 0 N–H and O–H groups in total. The predicted octanol–water partition coefficient (Wildman–Crippen LogP) is 3.14. The SMILES string of the molecule is CC(=O)N(OCC1CC(Cl)C(Cl)C1N(C)C)c1ccccc1. The van der Waals surface area contributed by atoms with Crippen molar-refractivity contribution in [2.75, 3.05) is 25.8 Å². The van der Waals surface area contributed by atoms with Crippen molar-refractivity contribution in [3.05, 3.63) is 30.3 Å². The lowest BCUT2D eigenvalue weighted by molar-refractivity contribution is -0.124. The second-order valence-corrected chi connectivity index (χ2v) is 6.92. The molecule has 4 unspecified atom stereocenters. The number of rotatable bonds is 5. The fourth-order valence-corrected chi connectivity index (χ4v) is 3.90. The van der Waals surface area contributed by atoms with Gasteiger partial charge in [0.2, 0.25) is 5.91 Å². The maximum absolute atomic E-state index is 11.8. The standard InChI is InChI=1S/C16H22Cl2N2O2/c1-11(21)20(13-7-5-4-6-8-13)22-10-12-9-14(17)15(18)16(12)19(2)3/h4-8,12,14-16H,9-10H2,1-3H3. The van der Waals surface area contributed by atoms with Crippen molar-refractivity contribution in [3.8, 4) is 0 Å². The lowest BCUT2D eigenvalue weighted by Gasteiger charge is -2.30. The molecule has 0 spiro atoms. The molecule has 6 heteroatoms. The fourth-order valence-electron chi connectivity index (χ4n) is 2.99. The van der Waals surface area contributed by atoms with Crippen LogP contribution in [-0.2, 0) is 9.63 Å². The number of halogens is 2. The number of carbonyl (C=O) groups is 1. The van der Waals surface area contributed by atoms with Crippen LogP contribution in [0, 0.1) is 5.92 Å². The maximum atomic E-state index is 11.8. The third kappa shape index (κ3) is 3.93. The number of hydrogen-bond donors (Lipinski definition) is 0. The molecule has 0 heterocycles. The van der Waals surface area contributed by atoms with Crippen LogP contribution in [0.3, 0.4) is 0 Å². The first-order valence-corrected chi connectivity index (χ1v) is 8.22. The second-order valence-electron chi connectivity index (χ2n) is 5.86. The molecular weight excluding hydrogens is 323 g/mol. The number of benzene rings is 1. The van der Waals surface area contributed by atoms with Crippen molar-refractivity contribution < 1.29 is 9.63 Å². The average Bonchev–Trinajstić information content (AvgIpc) is 2.75. The Hall–Kier alpha value is -0.810. The average molecular weight is 345 g/mol. The number of alkyl halides is 2. The summed E-state index contributed by atoms with van der Waals surface area (Å²) < 4.78 is 0. The highest BCUT2D eigenvalue weighted by atomic mass is 35.5. The summed E-state index contributed by atoms with van der Waals surface area (Å²) >= 11 is 12.7. The van der Waals surface area contributed by atoms with Gasteiger partial charge in [0.15, 0.2) is 0 Å². The fraction of sp³-hybridized carbons (Fsp3) is 0.562. The Balaban J connectivity index is 2.05. The summed E-state index contributed by atoms with van der Waals surface area (Å²) in [5.74, 6) is 0.0287. The second kappa shape index (κ2) is 7.64. The summed E-state index contributed by atoms with van der Waals surface area (Å²) in [7, 11) is 3.98. The zero-order valence-corrected chi connectivity index (χ0v) is 14.6. The quantitative estimate of drug-likeness (QED) is 0.607. The highest BCUT2D eigenvalue weighted by Gasteiger charge is 2.43. The summed E-state index contributed by atoms with van der Waals surface area (Å²) in [6.07, 6.45) is 0.777. The Kier molecular flexibility index (Phi) is 6.09. The van der Waals surface area contributed by atoms with Gasteiger partial charge in [0.05, 0.1) is 23.0 Å².